The van der Waals surface area contributed by atoms with Gasteiger partial charge in [-0.2, -0.15) is 13.2 Å². The van der Waals surface area contributed by atoms with Crippen LogP contribution in [0, 0.1) is 5.92 Å². The number of hydrogen-bond donors (Lipinski definition) is 0. The zero-order valence-corrected chi connectivity index (χ0v) is 8.99. The molecule has 0 aromatic heterocycles. The minimum atomic E-state index is -4.00. The molecule has 0 aromatic rings. The van der Waals surface area contributed by atoms with E-state index in [1.165, 1.54) is 0 Å². The molecule has 0 saturated carbocycles. The number of nitrogens with zero attached hydrogens (tertiary/aromatic N) is 1. The van der Waals surface area contributed by atoms with Crippen LogP contribution in [0.15, 0.2) is 0 Å². The van der Waals surface area contributed by atoms with Crippen molar-refractivity contribution in [3.63, 3.8) is 0 Å². The zero-order valence-electron chi connectivity index (χ0n) is 8.99. The van der Waals surface area contributed by atoms with E-state index >= 15 is 0 Å². The van der Waals surface area contributed by atoms with E-state index < -0.39 is 12.1 Å². The normalized spacial score (nSPS) is 22.7. The lowest BCUT2D eigenvalue weighted by atomic mass is 9.93. The average Bonchev–Trinajstić information content (AvgIpc) is 2.01. The Bertz CT molecular complexity index is 163. The standard InChI is InChI=1S/C10H18F3N/c1-9(2,3)14-6-4-8(5-7-14)10(11,12)13/h8H,4-7H2,1-3H3. The highest BCUT2D eigenvalue weighted by molar-refractivity contribution is 4.83. The molecule has 1 aliphatic rings. The predicted octanol–water partition coefficient (Wildman–Crippen LogP) is 3.06. The maximum absolute atomic E-state index is 12.3. The van der Waals surface area contributed by atoms with Gasteiger partial charge in [0.25, 0.3) is 0 Å². The second kappa shape index (κ2) is 3.72. The minimum absolute atomic E-state index is 0.00340. The Balaban J connectivity index is 2.47. The lowest BCUT2D eigenvalue weighted by molar-refractivity contribution is -0.187. The van der Waals surface area contributed by atoms with Gasteiger partial charge in [0, 0.05) is 5.54 Å². The quantitative estimate of drug-likeness (QED) is 0.592. The topological polar surface area (TPSA) is 3.24 Å². The smallest absolute Gasteiger partial charge is 0.298 e. The molecule has 1 fully saturated rings. The van der Waals surface area contributed by atoms with E-state index in [2.05, 4.69) is 4.90 Å². The molecule has 1 heterocycles. The van der Waals surface area contributed by atoms with Crippen LogP contribution in [0.2, 0.25) is 0 Å². The number of alkyl halides is 3. The van der Waals surface area contributed by atoms with Crippen LogP contribution in [0.4, 0.5) is 13.2 Å². The first kappa shape index (κ1) is 11.8. The summed E-state index contributed by atoms with van der Waals surface area (Å²) in [5.74, 6) is -1.08. The van der Waals surface area contributed by atoms with Crippen molar-refractivity contribution in [2.75, 3.05) is 13.1 Å². The van der Waals surface area contributed by atoms with E-state index in [0.717, 1.165) is 0 Å². The van der Waals surface area contributed by atoms with E-state index in [9.17, 15) is 13.2 Å². The van der Waals surface area contributed by atoms with Crippen LogP contribution in [-0.2, 0) is 0 Å². The molecule has 4 heteroatoms. The van der Waals surface area contributed by atoms with Gasteiger partial charge in [0.05, 0.1) is 5.92 Å². The second-order valence-electron chi connectivity index (χ2n) is 4.97. The fourth-order valence-electron chi connectivity index (χ4n) is 1.88. The molecule has 0 atom stereocenters. The zero-order chi connectivity index (χ0) is 11.0. The number of piperidine rings is 1. The van der Waals surface area contributed by atoms with Gasteiger partial charge in [-0.1, -0.05) is 0 Å². The SMILES string of the molecule is CC(C)(C)N1CCC(C(F)(F)F)CC1. The Morgan fingerprint density at radius 3 is 1.71 bits per heavy atom. The van der Waals surface area contributed by atoms with Crippen molar-refractivity contribution in [3.8, 4) is 0 Å². The third-order valence-electron chi connectivity index (χ3n) is 2.91. The monoisotopic (exact) mass is 209 g/mol. The van der Waals surface area contributed by atoms with Gasteiger partial charge >= 0.3 is 6.18 Å². The summed E-state index contributed by atoms with van der Waals surface area (Å²) in [6.45, 7) is 7.25. The maximum atomic E-state index is 12.3. The summed E-state index contributed by atoms with van der Waals surface area (Å²) in [7, 11) is 0. The van der Waals surface area contributed by atoms with Crippen molar-refractivity contribution in [2.24, 2.45) is 5.92 Å². The van der Waals surface area contributed by atoms with Crippen molar-refractivity contribution in [2.45, 2.75) is 45.3 Å². The Morgan fingerprint density at radius 2 is 1.43 bits per heavy atom. The van der Waals surface area contributed by atoms with Crippen LogP contribution >= 0.6 is 0 Å². The fourth-order valence-corrected chi connectivity index (χ4v) is 1.88. The molecule has 0 bridgehead atoms. The summed E-state index contributed by atoms with van der Waals surface area (Å²) in [6, 6.07) is 0. The summed E-state index contributed by atoms with van der Waals surface area (Å²) in [4.78, 5) is 2.12. The summed E-state index contributed by atoms with van der Waals surface area (Å²) >= 11 is 0. The van der Waals surface area contributed by atoms with Crippen LogP contribution in [0.5, 0.6) is 0 Å². The van der Waals surface area contributed by atoms with Crippen LogP contribution in [-0.4, -0.2) is 29.7 Å². The van der Waals surface area contributed by atoms with Crippen LogP contribution in [0.3, 0.4) is 0 Å². The van der Waals surface area contributed by atoms with Gasteiger partial charge in [0.1, 0.15) is 0 Å². The van der Waals surface area contributed by atoms with Crippen molar-refractivity contribution >= 4 is 0 Å². The molecule has 84 valence electrons. The third kappa shape index (κ3) is 2.87. The van der Waals surface area contributed by atoms with Crippen molar-refractivity contribution in [3.05, 3.63) is 0 Å². The Kier molecular flexibility index (Phi) is 3.14. The molecule has 1 saturated heterocycles. The summed E-state index contributed by atoms with van der Waals surface area (Å²) < 4.78 is 37.0. The highest BCUT2D eigenvalue weighted by atomic mass is 19.4. The van der Waals surface area contributed by atoms with Gasteiger partial charge < -0.3 is 0 Å². The highest BCUT2D eigenvalue weighted by Gasteiger charge is 2.42. The van der Waals surface area contributed by atoms with Crippen LogP contribution < -0.4 is 0 Å². The highest BCUT2D eigenvalue weighted by Crippen LogP contribution is 2.35. The molecule has 0 N–H and O–H groups in total. The molecule has 0 aliphatic carbocycles. The van der Waals surface area contributed by atoms with Crippen molar-refractivity contribution < 1.29 is 13.2 Å². The van der Waals surface area contributed by atoms with Gasteiger partial charge in [-0.3, -0.25) is 4.90 Å². The minimum Gasteiger partial charge on any atom is -0.298 e. The largest absolute Gasteiger partial charge is 0.391 e. The second-order valence-corrected chi connectivity index (χ2v) is 4.97. The van der Waals surface area contributed by atoms with E-state index in [-0.39, 0.29) is 18.4 Å². The molecule has 0 unspecified atom stereocenters. The molecule has 1 nitrogen and oxygen atoms in total. The Morgan fingerprint density at radius 1 is 1.00 bits per heavy atom. The molecular weight excluding hydrogens is 191 g/mol. The van der Waals surface area contributed by atoms with Crippen molar-refractivity contribution in [1.29, 1.82) is 0 Å². The van der Waals surface area contributed by atoms with E-state index in [0.29, 0.717) is 13.1 Å². The lowest BCUT2D eigenvalue weighted by Gasteiger charge is -2.41. The van der Waals surface area contributed by atoms with Gasteiger partial charge in [0.15, 0.2) is 0 Å². The van der Waals surface area contributed by atoms with Gasteiger partial charge in [0.2, 0.25) is 0 Å². The first-order valence-electron chi connectivity index (χ1n) is 5.03. The van der Waals surface area contributed by atoms with Gasteiger partial charge in [-0.15, -0.1) is 0 Å². The molecule has 0 radical (unpaired) electrons. The fraction of sp³-hybridized carbons (Fsp3) is 1.00. The third-order valence-corrected chi connectivity index (χ3v) is 2.91. The Hall–Kier alpha value is -0.250. The molecule has 0 amide bonds. The van der Waals surface area contributed by atoms with Crippen LogP contribution in [0.1, 0.15) is 33.6 Å². The summed E-state index contributed by atoms with van der Waals surface area (Å²) in [5.41, 5.74) is -0.00340. The lowest BCUT2D eigenvalue weighted by Crippen LogP contribution is -2.48. The molecular formula is C10H18F3N. The predicted molar refractivity (Wildman–Crippen MR) is 50.1 cm³/mol. The summed E-state index contributed by atoms with van der Waals surface area (Å²) in [5, 5.41) is 0. The number of likely N-dealkylation sites (tertiary alicyclic amines) is 1. The Labute approximate surface area is 83.3 Å². The number of hydrogen-bond acceptors (Lipinski definition) is 1. The van der Waals surface area contributed by atoms with E-state index in [1.807, 2.05) is 20.8 Å². The molecule has 1 aliphatic heterocycles. The van der Waals surface area contributed by atoms with Crippen LogP contribution in [0.25, 0.3) is 0 Å². The van der Waals surface area contributed by atoms with Gasteiger partial charge in [-0.05, 0) is 46.7 Å². The molecule has 1 rings (SSSR count). The molecule has 0 aromatic carbocycles. The first-order chi connectivity index (χ1) is 6.21. The van der Waals surface area contributed by atoms with E-state index in [4.69, 9.17) is 0 Å². The van der Waals surface area contributed by atoms with E-state index in [1.54, 1.807) is 0 Å². The number of halogens is 3. The maximum Gasteiger partial charge on any atom is 0.391 e. The molecule has 14 heavy (non-hydrogen) atoms. The number of rotatable bonds is 0. The first-order valence-corrected chi connectivity index (χ1v) is 5.03. The van der Waals surface area contributed by atoms with Crippen molar-refractivity contribution in [1.82, 2.24) is 4.90 Å². The molecule has 0 spiro atoms. The average molecular weight is 209 g/mol. The van der Waals surface area contributed by atoms with Gasteiger partial charge in [-0.25, -0.2) is 0 Å². The summed E-state index contributed by atoms with van der Waals surface area (Å²) in [6.07, 6.45) is -3.49.